The van der Waals surface area contributed by atoms with E-state index in [-0.39, 0.29) is 24.7 Å². The maximum atomic E-state index is 11.7. The Morgan fingerprint density at radius 3 is 2.52 bits per heavy atom. The minimum atomic E-state index is -3.28. The lowest BCUT2D eigenvalue weighted by atomic mass is 10.2. The molecule has 0 saturated heterocycles. The number of hydrogen-bond donors (Lipinski definition) is 2. The lowest BCUT2D eigenvalue weighted by Gasteiger charge is -2.11. The molecule has 2 heterocycles. The summed E-state index contributed by atoms with van der Waals surface area (Å²) in [5, 5.41) is 12.7. The first-order valence-corrected chi connectivity index (χ1v) is 9.63. The first kappa shape index (κ1) is 17.2. The van der Waals surface area contributed by atoms with Crippen LogP contribution in [-0.2, 0) is 9.84 Å². The summed E-state index contributed by atoms with van der Waals surface area (Å²) in [6.45, 7) is -0.163. The van der Waals surface area contributed by atoms with Crippen LogP contribution in [0.5, 0.6) is 0 Å². The predicted octanol–water partition coefficient (Wildman–Crippen LogP) is 1.51. The SMILES string of the molecule is O=S(=O)(CCO)CCNc1nc(-c2ccncc2)nc2ccccc12. The quantitative estimate of drug-likeness (QED) is 0.659. The molecule has 0 aliphatic rings. The molecule has 25 heavy (non-hydrogen) atoms. The zero-order valence-electron chi connectivity index (χ0n) is 13.5. The van der Waals surface area contributed by atoms with Crippen LogP contribution in [0.25, 0.3) is 22.3 Å². The van der Waals surface area contributed by atoms with Gasteiger partial charge in [0.25, 0.3) is 0 Å². The van der Waals surface area contributed by atoms with Crippen molar-refractivity contribution in [1.82, 2.24) is 15.0 Å². The van der Waals surface area contributed by atoms with E-state index in [9.17, 15) is 8.42 Å². The van der Waals surface area contributed by atoms with Gasteiger partial charge in [-0.15, -0.1) is 0 Å². The molecule has 0 radical (unpaired) electrons. The van der Waals surface area contributed by atoms with E-state index < -0.39 is 9.84 Å². The molecule has 0 atom stereocenters. The number of rotatable bonds is 7. The molecule has 3 rings (SSSR count). The van der Waals surface area contributed by atoms with Gasteiger partial charge in [-0.25, -0.2) is 18.4 Å². The molecule has 1 aromatic carbocycles. The van der Waals surface area contributed by atoms with E-state index in [1.807, 2.05) is 36.4 Å². The standard InChI is InChI=1S/C17H18N4O3S/c22-10-12-25(23,24)11-9-19-17-14-3-1-2-4-15(14)20-16(21-17)13-5-7-18-8-6-13/h1-8,22H,9-12H2,(H,19,20,21). The highest BCUT2D eigenvalue weighted by Crippen LogP contribution is 2.24. The van der Waals surface area contributed by atoms with Crippen LogP contribution in [0.4, 0.5) is 5.82 Å². The number of para-hydroxylation sites is 1. The normalized spacial score (nSPS) is 11.6. The van der Waals surface area contributed by atoms with Crippen LogP contribution in [-0.4, -0.2) is 53.1 Å². The molecule has 7 nitrogen and oxygen atoms in total. The molecular formula is C17H18N4O3S. The minimum Gasteiger partial charge on any atom is -0.395 e. The number of pyridine rings is 1. The maximum absolute atomic E-state index is 11.7. The Kier molecular flexibility index (Phi) is 5.20. The molecule has 8 heteroatoms. The molecule has 0 bridgehead atoms. The third-order valence-corrected chi connectivity index (χ3v) is 5.28. The number of aliphatic hydroxyl groups is 1. The second kappa shape index (κ2) is 7.54. The Bertz CT molecular complexity index is 962. The molecule has 0 amide bonds. The summed E-state index contributed by atoms with van der Waals surface area (Å²) in [7, 11) is -3.28. The lowest BCUT2D eigenvalue weighted by Crippen LogP contribution is -2.20. The van der Waals surface area contributed by atoms with Crippen molar-refractivity contribution in [2.45, 2.75) is 0 Å². The van der Waals surface area contributed by atoms with Crippen LogP contribution in [0.2, 0.25) is 0 Å². The van der Waals surface area contributed by atoms with E-state index in [0.29, 0.717) is 11.6 Å². The summed E-state index contributed by atoms with van der Waals surface area (Å²) in [5.41, 5.74) is 1.60. The average Bonchev–Trinajstić information content (AvgIpc) is 2.62. The number of nitrogens with zero attached hydrogens (tertiary/aromatic N) is 3. The number of hydrogen-bond acceptors (Lipinski definition) is 7. The molecule has 0 aliphatic carbocycles. The first-order chi connectivity index (χ1) is 12.1. The van der Waals surface area contributed by atoms with Gasteiger partial charge in [0.15, 0.2) is 15.7 Å². The van der Waals surface area contributed by atoms with E-state index in [1.54, 1.807) is 12.4 Å². The van der Waals surface area contributed by atoms with Crippen LogP contribution in [0, 0.1) is 0 Å². The van der Waals surface area contributed by atoms with Gasteiger partial charge in [0.2, 0.25) is 0 Å². The maximum Gasteiger partial charge on any atom is 0.162 e. The highest BCUT2D eigenvalue weighted by atomic mass is 32.2. The van der Waals surface area contributed by atoms with E-state index >= 15 is 0 Å². The highest BCUT2D eigenvalue weighted by Gasteiger charge is 2.12. The molecule has 0 unspecified atom stereocenters. The first-order valence-electron chi connectivity index (χ1n) is 7.81. The van der Waals surface area contributed by atoms with Gasteiger partial charge in [0.05, 0.1) is 23.6 Å². The predicted molar refractivity (Wildman–Crippen MR) is 97.0 cm³/mol. The Labute approximate surface area is 145 Å². The molecule has 2 N–H and O–H groups in total. The van der Waals surface area contributed by atoms with Crippen molar-refractivity contribution in [3.05, 3.63) is 48.8 Å². The van der Waals surface area contributed by atoms with Crippen LogP contribution in [0.3, 0.4) is 0 Å². The fourth-order valence-corrected chi connectivity index (χ4v) is 3.30. The molecular weight excluding hydrogens is 340 g/mol. The van der Waals surface area contributed by atoms with E-state index in [4.69, 9.17) is 5.11 Å². The summed E-state index contributed by atoms with van der Waals surface area (Å²) >= 11 is 0. The molecule has 0 saturated carbocycles. The summed E-state index contributed by atoms with van der Waals surface area (Å²) in [5.74, 6) is 0.816. The van der Waals surface area contributed by atoms with E-state index in [1.165, 1.54) is 0 Å². The second-order valence-electron chi connectivity index (χ2n) is 5.45. The van der Waals surface area contributed by atoms with Gasteiger partial charge in [-0.05, 0) is 24.3 Å². The molecule has 0 spiro atoms. The van der Waals surface area contributed by atoms with Crippen molar-refractivity contribution < 1.29 is 13.5 Å². The summed E-state index contributed by atoms with van der Waals surface area (Å²) in [6.07, 6.45) is 3.34. The van der Waals surface area contributed by atoms with Crippen LogP contribution in [0.1, 0.15) is 0 Å². The van der Waals surface area contributed by atoms with Gasteiger partial charge in [-0.1, -0.05) is 12.1 Å². The zero-order valence-corrected chi connectivity index (χ0v) is 14.3. The minimum absolute atomic E-state index is 0.0729. The van der Waals surface area contributed by atoms with Crippen molar-refractivity contribution in [3.8, 4) is 11.4 Å². The molecule has 0 fully saturated rings. The largest absolute Gasteiger partial charge is 0.395 e. The van der Waals surface area contributed by atoms with Crippen molar-refractivity contribution in [3.63, 3.8) is 0 Å². The van der Waals surface area contributed by atoms with Gasteiger partial charge in [0.1, 0.15) is 5.82 Å². The number of aliphatic hydroxyl groups excluding tert-OH is 1. The number of aromatic nitrogens is 3. The van der Waals surface area contributed by atoms with Gasteiger partial charge >= 0.3 is 0 Å². The number of anilines is 1. The lowest BCUT2D eigenvalue weighted by molar-refractivity contribution is 0.319. The third-order valence-electron chi connectivity index (χ3n) is 3.65. The van der Waals surface area contributed by atoms with Gasteiger partial charge < -0.3 is 10.4 Å². The van der Waals surface area contributed by atoms with Crippen molar-refractivity contribution in [2.24, 2.45) is 0 Å². The van der Waals surface area contributed by atoms with E-state index in [2.05, 4.69) is 20.3 Å². The molecule has 130 valence electrons. The fourth-order valence-electron chi connectivity index (χ4n) is 2.41. The fraction of sp³-hybridized carbons (Fsp3) is 0.235. The molecule has 2 aromatic heterocycles. The Morgan fingerprint density at radius 2 is 1.76 bits per heavy atom. The molecule has 3 aromatic rings. The van der Waals surface area contributed by atoms with Crippen molar-refractivity contribution in [1.29, 1.82) is 0 Å². The Hall–Kier alpha value is -2.58. The van der Waals surface area contributed by atoms with Crippen molar-refractivity contribution >= 4 is 26.6 Å². The van der Waals surface area contributed by atoms with Crippen molar-refractivity contribution in [2.75, 3.05) is 30.0 Å². The molecule has 0 aliphatic heterocycles. The van der Waals surface area contributed by atoms with E-state index in [0.717, 1.165) is 16.5 Å². The number of fused-ring (bicyclic) bond motifs is 1. The second-order valence-corrected chi connectivity index (χ2v) is 7.75. The number of benzene rings is 1. The average molecular weight is 358 g/mol. The van der Waals surface area contributed by atoms with Gasteiger partial charge in [-0.3, -0.25) is 4.98 Å². The Morgan fingerprint density at radius 1 is 1.00 bits per heavy atom. The van der Waals surface area contributed by atoms with Gasteiger partial charge in [0, 0.05) is 29.9 Å². The number of sulfone groups is 1. The highest BCUT2D eigenvalue weighted by molar-refractivity contribution is 7.91. The Balaban J connectivity index is 1.91. The van der Waals surface area contributed by atoms with Gasteiger partial charge in [-0.2, -0.15) is 0 Å². The van der Waals surface area contributed by atoms with Crippen LogP contribution in [0.15, 0.2) is 48.8 Å². The summed E-state index contributed by atoms with van der Waals surface area (Å²) in [6, 6.07) is 11.2. The number of nitrogens with one attached hydrogen (secondary N) is 1. The monoisotopic (exact) mass is 358 g/mol. The zero-order chi connectivity index (χ0) is 17.7. The van der Waals surface area contributed by atoms with Crippen LogP contribution < -0.4 is 5.32 Å². The van der Waals surface area contributed by atoms with Crippen LogP contribution >= 0.6 is 0 Å². The third kappa shape index (κ3) is 4.28. The summed E-state index contributed by atoms with van der Waals surface area (Å²) < 4.78 is 23.5. The topological polar surface area (TPSA) is 105 Å². The summed E-state index contributed by atoms with van der Waals surface area (Å²) in [4.78, 5) is 13.1. The smallest absolute Gasteiger partial charge is 0.162 e.